The van der Waals surface area contributed by atoms with Crippen molar-refractivity contribution in [2.24, 2.45) is 0 Å². The largest absolute Gasteiger partial charge is 0.494 e. The van der Waals surface area contributed by atoms with E-state index in [4.69, 9.17) is 10.5 Å². The van der Waals surface area contributed by atoms with Gasteiger partial charge in [-0.3, -0.25) is 0 Å². The van der Waals surface area contributed by atoms with Gasteiger partial charge in [0.05, 0.1) is 17.3 Å². The van der Waals surface area contributed by atoms with Crippen LogP contribution < -0.4 is 10.5 Å². The van der Waals surface area contributed by atoms with E-state index in [0.29, 0.717) is 5.69 Å². The van der Waals surface area contributed by atoms with Crippen LogP contribution in [0, 0.1) is 5.82 Å². The van der Waals surface area contributed by atoms with Crippen LogP contribution in [-0.2, 0) is 0 Å². The summed E-state index contributed by atoms with van der Waals surface area (Å²) in [6.45, 7) is 0. The average Bonchev–Trinajstić information content (AvgIpc) is 2.81. The predicted octanol–water partition coefficient (Wildman–Crippen LogP) is 3.69. The molecule has 0 aliphatic rings. The summed E-state index contributed by atoms with van der Waals surface area (Å²) < 4.78 is 19.6. The fourth-order valence-corrected chi connectivity index (χ4v) is 2.87. The third-order valence-corrected chi connectivity index (χ3v) is 3.88. The van der Waals surface area contributed by atoms with Crippen LogP contribution >= 0.6 is 11.3 Å². The molecule has 5 heteroatoms. The van der Waals surface area contributed by atoms with E-state index in [1.165, 1.54) is 24.5 Å². The quantitative estimate of drug-likeness (QED) is 0.725. The highest BCUT2D eigenvalue weighted by Crippen LogP contribution is 2.32. The van der Waals surface area contributed by atoms with Crippen LogP contribution in [0.25, 0.3) is 20.8 Å². The molecule has 2 N–H and O–H groups in total. The molecule has 0 saturated heterocycles. The molecule has 3 aromatic rings. The van der Waals surface area contributed by atoms with Gasteiger partial charge in [-0.05, 0) is 36.4 Å². The van der Waals surface area contributed by atoms with Crippen LogP contribution in [0.2, 0.25) is 0 Å². The van der Waals surface area contributed by atoms with Crippen molar-refractivity contribution < 1.29 is 9.13 Å². The standard InChI is InChI=1S/C14H11FN2OS/c1-18-12-5-2-8(6-10(12)15)14-17-11-4-3-9(16)7-13(11)19-14/h2-7H,16H2,1H3. The van der Waals surface area contributed by atoms with Gasteiger partial charge in [-0.2, -0.15) is 0 Å². The second-order valence-electron chi connectivity index (χ2n) is 4.10. The number of methoxy groups -OCH3 is 1. The normalized spacial score (nSPS) is 10.8. The maximum absolute atomic E-state index is 13.7. The van der Waals surface area contributed by atoms with Crippen LogP contribution in [0.3, 0.4) is 0 Å². The number of anilines is 1. The lowest BCUT2D eigenvalue weighted by Gasteiger charge is -2.02. The molecule has 0 atom stereocenters. The number of halogens is 1. The fraction of sp³-hybridized carbons (Fsp3) is 0.0714. The van der Waals surface area contributed by atoms with Crippen molar-refractivity contribution in [3.8, 4) is 16.3 Å². The number of nitrogen functional groups attached to an aromatic ring is 1. The molecule has 0 saturated carbocycles. The van der Waals surface area contributed by atoms with Crippen molar-refractivity contribution in [1.29, 1.82) is 0 Å². The Balaban J connectivity index is 2.11. The molecule has 3 rings (SSSR count). The van der Waals surface area contributed by atoms with E-state index >= 15 is 0 Å². The zero-order chi connectivity index (χ0) is 13.4. The Bertz CT molecular complexity index is 754. The van der Waals surface area contributed by atoms with E-state index in [9.17, 15) is 4.39 Å². The number of aromatic nitrogens is 1. The van der Waals surface area contributed by atoms with Crippen LogP contribution in [0.15, 0.2) is 36.4 Å². The summed E-state index contributed by atoms with van der Waals surface area (Å²) in [6.07, 6.45) is 0. The van der Waals surface area contributed by atoms with Gasteiger partial charge in [-0.15, -0.1) is 11.3 Å². The van der Waals surface area contributed by atoms with E-state index in [0.717, 1.165) is 20.8 Å². The maximum Gasteiger partial charge on any atom is 0.165 e. The van der Waals surface area contributed by atoms with Gasteiger partial charge < -0.3 is 10.5 Å². The molecule has 0 amide bonds. The Hall–Kier alpha value is -2.14. The summed E-state index contributed by atoms with van der Waals surface area (Å²) >= 11 is 1.49. The summed E-state index contributed by atoms with van der Waals surface area (Å²) in [4.78, 5) is 4.48. The lowest BCUT2D eigenvalue weighted by Crippen LogP contribution is -1.88. The van der Waals surface area contributed by atoms with E-state index in [2.05, 4.69) is 4.98 Å². The highest BCUT2D eigenvalue weighted by Gasteiger charge is 2.09. The zero-order valence-corrected chi connectivity index (χ0v) is 11.0. The monoisotopic (exact) mass is 274 g/mol. The molecule has 19 heavy (non-hydrogen) atoms. The average molecular weight is 274 g/mol. The van der Waals surface area contributed by atoms with Gasteiger partial charge in [-0.25, -0.2) is 9.37 Å². The Morgan fingerprint density at radius 2 is 2.05 bits per heavy atom. The van der Waals surface area contributed by atoms with Crippen LogP contribution in [0.5, 0.6) is 5.75 Å². The minimum Gasteiger partial charge on any atom is -0.494 e. The summed E-state index contributed by atoms with van der Waals surface area (Å²) in [5.41, 5.74) is 8.03. The predicted molar refractivity (Wildman–Crippen MR) is 76.0 cm³/mol. The van der Waals surface area contributed by atoms with Crippen LogP contribution in [0.1, 0.15) is 0 Å². The summed E-state index contributed by atoms with van der Waals surface area (Å²) in [5.74, 6) is -0.159. The first-order chi connectivity index (χ1) is 9.17. The third kappa shape index (κ3) is 2.13. The first kappa shape index (κ1) is 11.9. The molecule has 1 aromatic heterocycles. The van der Waals surface area contributed by atoms with Crippen LogP contribution in [-0.4, -0.2) is 12.1 Å². The van der Waals surface area contributed by atoms with Gasteiger partial charge in [0.1, 0.15) is 5.01 Å². The molecule has 1 heterocycles. The van der Waals surface area contributed by atoms with Crippen LogP contribution in [0.4, 0.5) is 10.1 Å². The third-order valence-electron chi connectivity index (χ3n) is 2.81. The van der Waals surface area contributed by atoms with Crippen molar-refractivity contribution in [2.75, 3.05) is 12.8 Å². The second kappa shape index (κ2) is 4.51. The van der Waals surface area contributed by atoms with Gasteiger partial charge in [0.25, 0.3) is 0 Å². The first-order valence-corrected chi connectivity index (χ1v) is 6.49. The minimum atomic E-state index is -0.390. The SMILES string of the molecule is COc1ccc(-c2nc3ccc(N)cc3s2)cc1F. The number of rotatable bonds is 2. The summed E-state index contributed by atoms with van der Waals surface area (Å²) in [5, 5.41) is 0.766. The number of nitrogens with two attached hydrogens (primary N) is 1. The number of hydrogen-bond acceptors (Lipinski definition) is 4. The molecular formula is C14H11FN2OS. The fourth-order valence-electron chi connectivity index (χ4n) is 1.86. The lowest BCUT2D eigenvalue weighted by atomic mass is 10.2. The van der Waals surface area contributed by atoms with Crippen molar-refractivity contribution >= 4 is 27.2 Å². The minimum absolute atomic E-state index is 0.231. The highest BCUT2D eigenvalue weighted by atomic mass is 32.1. The maximum atomic E-state index is 13.7. The van der Waals surface area contributed by atoms with E-state index in [1.54, 1.807) is 18.2 Å². The number of thiazole rings is 1. The zero-order valence-electron chi connectivity index (χ0n) is 10.2. The Morgan fingerprint density at radius 1 is 1.21 bits per heavy atom. The first-order valence-electron chi connectivity index (χ1n) is 5.67. The Labute approximate surface area is 113 Å². The number of nitrogens with zero attached hydrogens (tertiary/aromatic N) is 1. The van der Waals surface area contributed by atoms with Gasteiger partial charge >= 0.3 is 0 Å². The Morgan fingerprint density at radius 3 is 2.79 bits per heavy atom. The van der Waals surface area contributed by atoms with Gasteiger partial charge in [0, 0.05) is 11.3 Å². The van der Waals surface area contributed by atoms with E-state index < -0.39 is 5.82 Å². The Kier molecular flexibility index (Phi) is 2.83. The molecule has 3 nitrogen and oxygen atoms in total. The second-order valence-corrected chi connectivity index (χ2v) is 5.13. The lowest BCUT2D eigenvalue weighted by molar-refractivity contribution is 0.386. The number of ether oxygens (including phenoxy) is 1. The topological polar surface area (TPSA) is 48.1 Å². The highest BCUT2D eigenvalue weighted by molar-refractivity contribution is 7.21. The molecule has 2 aromatic carbocycles. The van der Waals surface area contributed by atoms with E-state index in [1.807, 2.05) is 12.1 Å². The van der Waals surface area contributed by atoms with Gasteiger partial charge in [0.15, 0.2) is 11.6 Å². The number of hydrogen-bond donors (Lipinski definition) is 1. The van der Waals surface area contributed by atoms with E-state index in [-0.39, 0.29) is 5.75 Å². The molecule has 96 valence electrons. The van der Waals surface area contributed by atoms with Crippen molar-refractivity contribution in [3.05, 3.63) is 42.2 Å². The molecular weight excluding hydrogens is 263 g/mol. The molecule has 0 aliphatic heterocycles. The van der Waals surface area contributed by atoms with Gasteiger partial charge in [0.2, 0.25) is 0 Å². The molecule has 0 aliphatic carbocycles. The van der Waals surface area contributed by atoms with Crippen molar-refractivity contribution in [1.82, 2.24) is 4.98 Å². The molecule has 0 radical (unpaired) electrons. The van der Waals surface area contributed by atoms with Gasteiger partial charge in [-0.1, -0.05) is 0 Å². The summed E-state index contributed by atoms with van der Waals surface area (Å²) in [7, 11) is 1.44. The smallest absolute Gasteiger partial charge is 0.165 e. The number of benzene rings is 2. The molecule has 0 fully saturated rings. The molecule has 0 bridgehead atoms. The number of fused-ring (bicyclic) bond motifs is 1. The molecule has 0 unspecified atom stereocenters. The summed E-state index contributed by atoms with van der Waals surface area (Å²) in [6, 6.07) is 10.4. The van der Waals surface area contributed by atoms with Crippen molar-refractivity contribution in [3.63, 3.8) is 0 Å². The molecule has 0 spiro atoms. The van der Waals surface area contributed by atoms with Crippen molar-refractivity contribution in [2.45, 2.75) is 0 Å².